The summed E-state index contributed by atoms with van der Waals surface area (Å²) in [7, 11) is 0. The van der Waals surface area contributed by atoms with Crippen LogP contribution in [-0.4, -0.2) is 11.9 Å². The standard InChI is InChI=1S/C6H5F3N2/c1-4-2-3-10-11-5(4)6(7,8)9/h3,10H,1H3. The molecular weight excluding hydrogens is 157 g/mol. The predicted molar refractivity (Wildman–Crippen MR) is 33.9 cm³/mol. The van der Waals surface area contributed by atoms with Crippen LogP contribution >= 0.6 is 0 Å². The van der Waals surface area contributed by atoms with E-state index in [1.807, 2.05) is 0 Å². The van der Waals surface area contributed by atoms with Crippen LogP contribution in [-0.2, 0) is 0 Å². The Labute approximate surface area is 61.1 Å². The third-order valence-corrected chi connectivity index (χ3v) is 1.15. The van der Waals surface area contributed by atoms with E-state index >= 15 is 0 Å². The second kappa shape index (κ2) is 2.43. The Morgan fingerprint density at radius 3 is 2.55 bits per heavy atom. The average molecular weight is 162 g/mol. The van der Waals surface area contributed by atoms with E-state index in [4.69, 9.17) is 0 Å². The van der Waals surface area contributed by atoms with Crippen molar-refractivity contribution >= 4 is 5.71 Å². The van der Waals surface area contributed by atoms with Crippen molar-refractivity contribution in [3.63, 3.8) is 0 Å². The lowest BCUT2D eigenvalue weighted by Gasteiger charge is -2.10. The highest BCUT2D eigenvalue weighted by Crippen LogP contribution is 2.21. The lowest BCUT2D eigenvalue weighted by Crippen LogP contribution is -2.27. The van der Waals surface area contributed by atoms with Gasteiger partial charge in [0.15, 0.2) is 5.71 Å². The molecule has 0 saturated heterocycles. The maximum absolute atomic E-state index is 11.9. The van der Waals surface area contributed by atoms with Gasteiger partial charge in [-0.1, -0.05) is 5.73 Å². The van der Waals surface area contributed by atoms with E-state index in [1.54, 1.807) is 0 Å². The van der Waals surface area contributed by atoms with Gasteiger partial charge in [0.25, 0.3) is 0 Å². The maximum Gasteiger partial charge on any atom is 0.435 e. The molecule has 0 bridgehead atoms. The molecule has 2 nitrogen and oxygen atoms in total. The van der Waals surface area contributed by atoms with E-state index < -0.39 is 11.9 Å². The van der Waals surface area contributed by atoms with Crippen LogP contribution in [0, 0.1) is 0 Å². The largest absolute Gasteiger partial charge is 0.435 e. The van der Waals surface area contributed by atoms with E-state index in [-0.39, 0.29) is 5.57 Å². The van der Waals surface area contributed by atoms with Gasteiger partial charge in [-0.05, 0) is 6.92 Å². The molecule has 0 aromatic carbocycles. The minimum Gasteiger partial charge on any atom is -0.277 e. The molecular formula is C6H5F3N2. The Morgan fingerprint density at radius 1 is 1.55 bits per heavy atom. The smallest absolute Gasteiger partial charge is 0.277 e. The highest BCUT2D eigenvalue weighted by molar-refractivity contribution is 6.03. The van der Waals surface area contributed by atoms with E-state index in [1.165, 1.54) is 13.1 Å². The number of halogens is 3. The molecule has 0 aromatic heterocycles. The fourth-order valence-electron chi connectivity index (χ4n) is 0.666. The first-order chi connectivity index (χ1) is 5.02. The molecule has 0 aliphatic carbocycles. The summed E-state index contributed by atoms with van der Waals surface area (Å²) in [5, 5.41) is 3.07. The topological polar surface area (TPSA) is 24.4 Å². The van der Waals surface area contributed by atoms with E-state index in [9.17, 15) is 13.2 Å². The number of nitrogens with one attached hydrogen (secondary N) is 1. The van der Waals surface area contributed by atoms with Crippen molar-refractivity contribution in [3.05, 3.63) is 17.5 Å². The summed E-state index contributed by atoms with van der Waals surface area (Å²) >= 11 is 0. The van der Waals surface area contributed by atoms with Crippen LogP contribution in [0.25, 0.3) is 0 Å². The summed E-state index contributed by atoms with van der Waals surface area (Å²) in [5.74, 6) is 0. The van der Waals surface area contributed by atoms with Gasteiger partial charge in [0.1, 0.15) is 0 Å². The van der Waals surface area contributed by atoms with Crippen molar-refractivity contribution in [2.45, 2.75) is 13.1 Å². The lowest BCUT2D eigenvalue weighted by atomic mass is 10.2. The highest BCUT2D eigenvalue weighted by atomic mass is 19.4. The number of rotatable bonds is 0. The van der Waals surface area contributed by atoms with Gasteiger partial charge in [-0.2, -0.15) is 18.3 Å². The Morgan fingerprint density at radius 2 is 2.18 bits per heavy atom. The van der Waals surface area contributed by atoms with Gasteiger partial charge in [0.05, 0.1) is 6.20 Å². The number of hydrogen-bond donors (Lipinski definition) is 1. The van der Waals surface area contributed by atoms with Crippen molar-refractivity contribution in [2.24, 2.45) is 5.10 Å². The summed E-state index contributed by atoms with van der Waals surface area (Å²) in [6.45, 7) is 1.31. The Kier molecular flexibility index (Phi) is 1.74. The monoisotopic (exact) mass is 162 g/mol. The van der Waals surface area contributed by atoms with Gasteiger partial charge in [-0.3, -0.25) is 5.43 Å². The first kappa shape index (κ1) is 7.88. The molecule has 60 valence electrons. The van der Waals surface area contributed by atoms with Gasteiger partial charge >= 0.3 is 6.18 Å². The van der Waals surface area contributed by atoms with Crippen molar-refractivity contribution in [2.75, 3.05) is 0 Å². The Balaban J connectivity index is 3.00. The Bertz CT molecular complexity index is 255. The van der Waals surface area contributed by atoms with Gasteiger partial charge in [0, 0.05) is 5.57 Å². The Hall–Kier alpha value is -1.22. The minimum atomic E-state index is -4.39. The molecule has 0 fully saturated rings. The van der Waals surface area contributed by atoms with Crippen molar-refractivity contribution < 1.29 is 13.2 Å². The van der Waals surface area contributed by atoms with Crippen LogP contribution in [0.1, 0.15) is 6.92 Å². The van der Waals surface area contributed by atoms with Gasteiger partial charge < -0.3 is 0 Å². The molecule has 0 unspecified atom stereocenters. The molecule has 1 aliphatic rings. The molecule has 0 atom stereocenters. The van der Waals surface area contributed by atoms with E-state index in [2.05, 4.69) is 16.3 Å². The summed E-state index contributed by atoms with van der Waals surface area (Å²) in [6.07, 6.45) is -3.16. The molecule has 0 amide bonds. The summed E-state index contributed by atoms with van der Waals surface area (Å²) in [5.41, 5.74) is 3.53. The van der Waals surface area contributed by atoms with Crippen LogP contribution in [0.4, 0.5) is 13.2 Å². The predicted octanol–water partition coefficient (Wildman–Crippen LogP) is 1.57. The number of alkyl halides is 3. The zero-order valence-electron chi connectivity index (χ0n) is 5.66. The van der Waals surface area contributed by atoms with E-state index in [0.29, 0.717) is 0 Å². The third-order valence-electron chi connectivity index (χ3n) is 1.15. The SMILES string of the molecule is CC1=C=CNN=C1C(F)(F)F. The number of nitrogens with zero attached hydrogens (tertiary/aromatic N) is 1. The average Bonchev–Trinajstić information content (AvgIpc) is 1.86. The second-order valence-corrected chi connectivity index (χ2v) is 2.00. The van der Waals surface area contributed by atoms with Crippen LogP contribution in [0.2, 0.25) is 0 Å². The molecule has 0 aromatic rings. The zero-order valence-corrected chi connectivity index (χ0v) is 5.66. The van der Waals surface area contributed by atoms with Crippen LogP contribution in [0.15, 0.2) is 22.6 Å². The van der Waals surface area contributed by atoms with Gasteiger partial charge in [-0.15, -0.1) is 0 Å². The maximum atomic E-state index is 11.9. The number of hydrogen-bond acceptors (Lipinski definition) is 2. The normalized spacial score (nSPS) is 17.1. The van der Waals surface area contributed by atoms with Gasteiger partial charge in [-0.25, -0.2) is 0 Å². The lowest BCUT2D eigenvalue weighted by molar-refractivity contribution is -0.0586. The first-order valence-corrected chi connectivity index (χ1v) is 2.84. The van der Waals surface area contributed by atoms with Crippen LogP contribution in [0.5, 0.6) is 0 Å². The summed E-state index contributed by atoms with van der Waals surface area (Å²) < 4.78 is 35.8. The molecule has 1 aliphatic heterocycles. The highest BCUT2D eigenvalue weighted by Gasteiger charge is 2.37. The second-order valence-electron chi connectivity index (χ2n) is 2.00. The molecule has 1 rings (SSSR count). The quantitative estimate of drug-likeness (QED) is 0.537. The molecule has 0 saturated carbocycles. The van der Waals surface area contributed by atoms with E-state index in [0.717, 1.165) is 0 Å². The van der Waals surface area contributed by atoms with Gasteiger partial charge in [0.2, 0.25) is 0 Å². The van der Waals surface area contributed by atoms with Crippen LogP contribution < -0.4 is 5.43 Å². The van der Waals surface area contributed by atoms with Crippen molar-refractivity contribution in [3.8, 4) is 0 Å². The summed E-state index contributed by atoms with van der Waals surface area (Å²) in [4.78, 5) is 0. The number of allylic oxidation sites excluding steroid dienone is 1. The summed E-state index contributed by atoms with van der Waals surface area (Å²) in [6, 6.07) is 0. The van der Waals surface area contributed by atoms with Crippen LogP contribution in [0.3, 0.4) is 0 Å². The fraction of sp³-hybridized carbons (Fsp3) is 0.333. The zero-order chi connectivity index (χ0) is 8.48. The number of hydrazone groups is 1. The molecule has 11 heavy (non-hydrogen) atoms. The molecule has 1 heterocycles. The molecule has 1 N–H and O–H groups in total. The third kappa shape index (κ3) is 1.62. The molecule has 0 radical (unpaired) electrons. The molecule has 0 spiro atoms. The van der Waals surface area contributed by atoms with Crippen molar-refractivity contribution in [1.82, 2.24) is 5.43 Å². The molecule has 5 heteroatoms. The first-order valence-electron chi connectivity index (χ1n) is 2.84. The minimum absolute atomic E-state index is 0.00347. The van der Waals surface area contributed by atoms with Crippen molar-refractivity contribution in [1.29, 1.82) is 0 Å². The fourth-order valence-corrected chi connectivity index (χ4v) is 0.666.